The van der Waals surface area contributed by atoms with Crippen LogP contribution in [-0.2, 0) is 0 Å². The van der Waals surface area contributed by atoms with E-state index in [-0.39, 0.29) is 6.04 Å². The molecule has 0 spiro atoms. The Morgan fingerprint density at radius 1 is 1.78 bits per heavy atom. The van der Waals surface area contributed by atoms with E-state index >= 15 is 0 Å². The summed E-state index contributed by atoms with van der Waals surface area (Å²) in [5.74, 6) is 0. The van der Waals surface area contributed by atoms with Gasteiger partial charge >= 0.3 is 0 Å². The van der Waals surface area contributed by atoms with Crippen molar-refractivity contribution in [1.82, 2.24) is 4.90 Å². The topological polar surface area (TPSA) is 7.60 Å². The average molecular weight is 123 g/mol. The molecule has 0 aromatic rings. The van der Waals surface area contributed by atoms with Crippen LogP contribution in [0.25, 0.3) is 4.85 Å². The van der Waals surface area contributed by atoms with Gasteiger partial charge in [0.25, 0.3) is 0 Å². The molecule has 2 nitrogen and oxygen atoms in total. The van der Waals surface area contributed by atoms with Crippen molar-refractivity contribution in [3.63, 3.8) is 0 Å². The van der Waals surface area contributed by atoms with Crippen LogP contribution in [0, 0.1) is 13.6 Å². The van der Waals surface area contributed by atoms with Crippen molar-refractivity contribution >= 4 is 0 Å². The van der Waals surface area contributed by atoms with Crippen LogP contribution in [0.15, 0.2) is 0 Å². The van der Waals surface area contributed by atoms with Crippen LogP contribution in [0.1, 0.15) is 13.3 Å². The molecular formula is C7H11N2-. The van der Waals surface area contributed by atoms with Crippen molar-refractivity contribution in [2.75, 3.05) is 6.54 Å². The zero-order chi connectivity index (χ0) is 6.85. The van der Waals surface area contributed by atoms with Crippen molar-refractivity contribution in [2.24, 2.45) is 0 Å². The zero-order valence-electron chi connectivity index (χ0n) is 5.67. The van der Waals surface area contributed by atoms with E-state index in [0.717, 1.165) is 13.0 Å². The van der Waals surface area contributed by atoms with E-state index in [2.05, 4.69) is 18.8 Å². The summed E-state index contributed by atoms with van der Waals surface area (Å²) in [6.45, 7) is 9.83. The van der Waals surface area contributed by atoms with E-state index in [4.69, 9.17) is 6.57 Å². The van der Waals surface area contributed by atoms with Gasteiger partial charge in [-0.3, -0.25) is 7.05 Å². The monoisotopic (exact) mass is 123 g/mol. The fourth-order valence-corrected chi connectivity index (χ4v) is 1.16. The largest absolute Gasteiger partial charge is 0.450 e. The molecule has 0 amide bonds. The van der Waals surface area contributed by atoms with Gasteiger partial charge in [-0.05, 0) is 13.5 Å². The van der Waals surface area contributed by atoms with Crippen LogP contribution in [0.4, 0.5) is 0 Å². The van der Waals surface area contributed by atoms with Crippen LogP contribution in [0.5, 0.6) is 0 Å². The molecule has 0 aliphatic carbocycles. The molecule has 1 aliphatic rings. The summed E-state index contributed by atoms with van der Waals surface area (Å²) >= 11 is 0. The summed E-state index contributed by atoms with van der Waals surface area (Å²) in [6, 6.07) is 0.560. The van der Waals surface area contributed by atoms with E-state index in [1.165, 1.54) is 0 Å². The summed E-state index contributed by atoms with van der Waals surface area (Å²) in [6.07, 6.45) is 0.994. The van der Waals surface area contributed by atoms with Crippen LogP contribution < -0.4 is 0 Å². The van der Waals surface area contributed by atoms with Gasteiger partial charge in [0, 0.05) is 6.42 Å². The molecule has 0 unspecified atom stereocenters. The summed E-state index contributed by atoms with van der Waals surface area (Å²) in [5.41, 5.74) is 0. The molecule has 0 radical (unpaired) electrons. The van der Waals surface area contributed by atoms with Gasteiger partial charge in [0.15, 0.2) is 0 Å². The van der Waals surface area contributed by atoms with Gasteiger partial charge in [-0.15, -0.1) is 0 Å². The molecule has 1 rings (SSSR count). The van der Waals surface area contributed by atoms with Crippen LogP contribution in [0.2, 0.25) is 0 Å². The predicted molar refractivity (Wildman–Crippen MR) is 36.5 cm³/mol. The maximum absolute atomic E-state index is 6.79. The molecule has 0 aromatic heterocycles. The summed E-state index contributed by atoms with van der Waals surface area (Å²) < 4.78 is 0. The first-order chi connectivity index (χ1) is 4.25. The van der Waals surface area contributed by atoms with E-state index in [0.29, 0.717) is 6.04 Å². The average Bonchev–Trinajstić information content (AvgIpc) is 2.15. The van der Waals surface area contributed by atoms with Crippen molar-refractivity contribution in [3.05, 3.63) is 18.5 Å². The highest BCUT2D eigenvalue weighted by Crippen LogP contribution is 2.18. The minimum absolute atomic E-state index is 0.197. The predicted octanol–water partition coefficient (Wildman–Crippen LogP) is 1.16. The number of nitrogens with zero attached hydrogens (tertiary/aromatic N) is 2. The maximum atomic E-state index is 6.79. The number of rotatable bonds is 0. The summed E-state index contributed by atoms with van der Waals surface area (Å²) in [4.78, 5) is 5.48. The van der Waals surface area contributed by atoms with Crippen molar-refractivity contribution in [2.45, 2.75) is 25.4 Å². The van der Waals surface area contributed by atoms with Crippen LogP contribution in [-0.4, -0.2) is 23.5 Å². The van der Waals surface area contributed by atoms with Gasteiger partial charge in [0.05, 0.1) is 6.04 Å². The second-order valence-electron chi connectivity index (χ2n) is 2.54. The molecular weight excluding hydrogens is 112 g/mol. The Labute approximate surface area is 56.3 Å². The maximum Gasteiger partial charge on any atom is 0.237 e. The lowest BCUT2D eigenvalue weighted by atomic mass is 10.2. The molecule has 0 saturated carbocycles. The van der Waals surface area contributed by atoms with Crippen LogP contribution >= 0.6 is 0 Å². The second kappa shape index (κ2) is 2.36. The zero-order valence-corrected chi connectivity index (χ0v) is 5.67. The molecule has 1 saturated heterocycles. The lowest BCUT2D eigenvalue weighted by Gasteiger charge is -2.21. The third kappa shape index (κ3) is 1.06. The Kier molecular flexibility index (Phi) is 1.73. The first-order valence-electron chi connectivity index (χ1n) is 3.19. The van der Waals surface area contributed by atoms with Gasteiger partial charge in [-0.1, -0.05) is 0 Å². The number of likely N-dealkylation sites (tertiary alicyclic amines) is 1. The van der Waals surface area contributed by atoms with Gasteiger partial charge in [-0.2, -0.15) is 0 Å². The second-order valence-corrected chi connectivity index (χ2v) is 2.54. The number of hydrogen-bond acceptors (Lipinski definition) is 1. The van der Waals surface area contributed by atoms with Gasteiger partial charge in [-0.25, -0.2) is 6.57 Å². The normalized spacial score (nSPS) is 36.6. The van der Waals surface area contributed by atoms with Crippen molar-refractivity contribution in [3.8, 4) is 0 Å². The highest BCUT2D eigenvalue weighted by atomic mass is 15.2. The molecule has 0 bridgehead atoms. The standard InChI is InChI=1S/C7H11N2/c1-6-7(8-2)4-5-9(6)3/h6-7H,3-5H2,1H3/q-1/t6-,7-/m0/s1. The quantitative estimate of drug-likeness (QED) is 0.438. The van der Waals surface area contributed by atoms with Gasteiger partial charge in [0.1, 0.15) is 0 Å². The Morgan fingerprint density at radius 2 is 2.44 bits per heavy atom. The van der Waals surface area contributed by atoms with E-state index in [1.807, 2.05) is 4.90 Å². The molecule has 1 aliphatic heterocycles. The minimum atomic E-state index is 0.197. The highest BCUT2D eigenvalue weighted by molar-refractivity contribution is 4.95. The molecule has 0 N–H and O–H groups in total. The Hall–Kier alpha value is -0.550. The lowest BCUT2D eigenvalue weighted by Crippen LogP contribution is -2.25. The smallest absolute Gasteiger partial charge is 0.237 e. The fourth-order valence-electron chi connectivity index (χ4n) is 1.16. The van der Waals surface area contributed by atoms with Crippen LogP contribution in [0.3, 0.4) is 0 Å². The number of hydrogen-bond donors (Lipinski definition) is 0. The minimum Gasteiger partial charge on any atom is -0.450 e. The van der Waals surface area contributed by atoms with E-state index in [9.17, 15) is 0 Å². The molecule has 50 valence electrons. The van der Waals surface area contributed by atoms with Gasteiger partial charge < -0.3 is 9.74 Å². The molecule has 2 heteroatoms. The SMILES string of the molecule is [C-]#[N+][C@H]1CCN([CH2-])[C@H]1C. The summed E-state index contributed by atoms with van der Waals surface area (Å²) in [5, 5.41) is 0. The third-order valence-corrected chi connectivity index (χ3v) is 2.01. The Balaban J connectivity index is 2.54. The third-order valence-electron chi connectivity index (χ3n) is 2.01. The van der Waals surface area contributed by atoms with Gasteiger partial charge in [0.2, 0.25) is 6.04 Å². The first-order valence-corrected chi connectivity index (χ1v) is 3.19. The molecule has 9 heavy (non-hydrogen) atoms. The van der Waals surface area contributed by atoms with E-state index < -0.39 is 0 Å². The lowest BCUT2D eigenvalue weighted by molar-refractivity contribution is 0.361. The molecule has 1 fully saturated rings. The van der Waals surface area contributed by atoms with Crippen molar-refractivity contribution < 1.29 is 0 Å². The summed E-state index contributed by atoms with van der Waals surface area (Å²) in [7, 11) is 3.81. The first kappa shape index (κ1) is 6.57. The Bertz CT molecular complexity index is 136. The molecule has 0 aromatic carbocycles. The highest BCUT2D eigenvalue weighted by Gasteiger charge is 2.28. The fraction of sp³-hybridized carbons (Fsp3) is 0.714. The molecule has 2 atom stereocenters. The Morgan fingerprint density at radius 3 is 2.67 bits per heavy atom. The molecule has 1 heterocycles. The van der Waals surface area contributed by atoms with E-state index in [1.54, 1.807) is 0 Å². The van der Waals surface area contributed by atoms with Crippen molar-refractivity contribution in [1.29, 1.82) is 0 Å².